The van der Waals surface area contributed by atoms with Gasteiger partial charge in [0, 0.05) is 23.4 Å². The van der Waals surface area contributed by atoms with Crippen molar-refractivity contribution in [3.05, 3.63) is 88.5 Å². The minimum Gasteiger partial charge on any atom is -0.397 e. The van der Waals surface area contributed by atoms with Gasteiger partial charge in [0.2, 0.25) is 0 Å². The Bertz CT molecular complexity index is 1170. The quantitative estimate of drug-likeness (QED) is 0.381. The summed E-state index contributed by atoms with van der Waals surface area (Å²) < 4.78 is 0. The number of aliphatic hydroxyl groups is 1. The van der Waals surface area contributed by atoms with Crippen molar-refractivity contribution in [3.8, 4) is 0 Å². The maximum absolute atomic E-state index is 13.3. The van der Waals surface area contributed by atoms with E-state index in [0.717, 1.165) is 0 Å². The number of carbonyl (C=O) groups is 3. The SMILES string of the molecule is Nc1c(C(=O)NCCO)cc(Nc2ccccc2)c2c1C(=O)c1ccccc1C2=O. The van der Waals surface area contributed by atoms with E-state index in [0.29, 0.717) is 16.9 Å². The highest BCUT2D eigenvalue weighted by atomic mass is 16.3. The van der Waals surface area contributed by atoms with Crippen LogP contribution in [0.4, 0.5) is 17.1 Å². The average Bonchev–Trinajstić information content (AvgIpc) is 2.77. The molecule has 0 saturated carbocycles. The molecule has 7 heteroatoms. The Labute approximate surface area is 172 Å². The van der Waals surface area contributed by atoms with Crippen LogP contribution >= 0.6 is 0 Å². The first-order valence-electron chi connectivity index (χ1n) is 9.39. The van der Waals surface area contributed by atoms with Gasteiger partial charge < -0.3 is 21.5 Å². The summed E-state index contributed by atoms with van der Waals surface area (Å²) in [7, 11) is 0. The number of hydrogen-bond acceptors (Lipinski definition) is 6. The Balaban J connectivity index is 1.94. The molecule has 30 heavy (non-hydrogen) atoms. The zero-order chi connectivity index (χ0) is 21.3. The number of carbonyl (C=O) groups excluding carboxylic acids is 3. The zero-order valence-electron chi connectivity index (χ0n) is 15.9. The molecule has 7 nitrogen and oxygen atoms in total. The maximum atomic E-state index is 13.3. The van der Waals surface area contributed by atoms with Crippen molar-refractivity contribution < 1.29 is 19.5 Å². The molecular formula is C23H19N3O4. The van der Waals surface area contributed by atoms with Gasteiger partial charge in [-0.25, -0.2) is 0 Å². The molecule has 0 aliphatic heterocycles. The predicted octanol–water partition coefficient (Wildman–Crippen LogP) is 2.51. The van der Waals surface area contributed by atoms with E-state index in [1.54, 1.807) is 36.4 Å². The molecule has 0 spiro atoms. The fourth-order valence-electron chi connectivity index (χ4n) is 3.55. The van der Waals surface area contributed by atoms with Crippen LogP contribution in [-0.4, -0.2) is 35.7 Å². The third-order valence-electron chi connectivity index (χ3n) is 4.93. The molecule has 150 valence electrons. The van der Waals surface area contributed by atoms with Gasteiger partial charge in [0.15, 0.2) is 11.6 Å². The maximum Gasteiger partial charge on any atom is 0.253 e. The van der Waals surface area contributed by atoms with Gasteiger partial charge in [-0.3, -0.25) is 14.4 Å². The van der Waals surface area contributed by atoms with E-state index in [1.807, 2.05) is 18.2 Å². The van der Waals surface area contributed by atoms with E-state index >= 15 is 0 Å². The minimum atomic E-state index is -0.542. The smallest absolute Gasteiger partial charge is 0.253 e. The van der Waals surface area contributed by atoms with Crippen LogP contribution in [0.5, 0.6) is 0 Å². The number of amides is 1. The Morgan fingerprint density at radius 1 is 0.900 bits per heavy atom. The second kappa shape index (κ2) is 7.81. The first kappa shape index (κ1) is 19.4. The van der Waals surface area contributed by atoms with Crippen molar-refractivity contribution in [1.82, 2.24) is 5.32 Å². The number of nitrogens with one attached hydrogen (secondary N) is 2. The predicted molar refractivity (Wildman–Crippen MR) is 113 cm³/mol. The normalized spacial score (nSPS) is 12.2. The van der Waals surface area contributed by atoms with Gasteiger partial charge in [-0.2, -0.15) is 0 Å². The second-order valence-electron chi connectivity index (χ2n) is 6.81. The minimum absolute atomic E-state index is 0.00813. The lowest BCUT2D eigenvalue weighted by Crippen LogP contribution is -2.30. The number of hydrogen-bond donors (Lipinski definition) is 4. The Morgan fingerprint density at radius 3 is 2.13 bits per heavy atom. The van der Waals surface area contributed by atoms with Crippen LogP contribution in [0, 0.1) is 0 Å². The summed E-state index contributed by atoms with van der Waals surface area (Å²) in [6.07, 6.45) is 0. The molecule has 1 aliphatic carbocycles. The van der Waals surface area contributed by atoms with Gasteiger partial charge in [0.25, 0.3) is 5.91 Å². The molecule has 0 unspecified atom stereocenters. The molecule has 5 N–H and O–H groups in total. The molecule has 0 saturated heterocycles. The van der Waals surface area contributed by atoms with Crippen molar-refractivity contribution in [2.45, 2.75) is 0 Å². The Morgan fingerprint density at radius 2 is 1.50 bits per heavy atom. The Kier molecular flexibility index (Phi) is 5.04. The van der Waals surface area contributed by atoms with Crippen LogP contribution < -0.4 is 16.4 Å². The monoisotopic (exact) mass is 401 g/mol. The van der Waals surface area contributed by atoms with E-state index in [-0.39, 0.29) is 46.9 Å². The van der Waals surface area contributed by atoms with Crippen molar-refractivity contribution in [2.24, 2.45) is 0 Å². The molecular weight excluding hydrogens is 382 g/mol. The van der Waals surface area contributed by atoms with Gasteiger partial charge in [-0.15, -0.1) is 0 Å². The fourth-order valence-corrected chi connectivity index (χ4v) is 3.55. The molecule has 1 amide bonds. The number of nitrogens with two attached hydrogens (primary N) is 1. The highest BCUT2D eigenvalue weighted by molar-refractivity contribution is 6.33. The van der Waals surface area contributed by atoms with E-state index < -0.39 is 11.7 Å². The lowest BCUT2D eigenvalue weighted by atomic mass is 9.81. The summed E-state index contributed by atoms with van der Waals surface area (Å²) >= 11 is 0. The summed E-state index contributed by atoms with van der Waals surface area (Å²) in [6, 6.07) is 17.1. The number of anilines is 3. The van der Waals surface area contributed by atoms with Gasteiger partial charge in [0.1, 0.15) is 0 Å². The Hall–Kier alpha value is -3.97. The van der Waals surface area contributed by atoms with Gasteiger partial charge >= 0.3 is 0 Å². The number of aliphatic hydroxyl groups excluding tert-OH is 1. The van der Waals surface area contributed by atoms with Crippen molar-refractivity contribution >= 4 is 34.5 Å². The second-order valence-corrected chi connectivity index (χ2v) is 6.81. The summed E-state index contributed by atoms with van der Waals surface area (Å²) in [5.41, 5.74) is 7.91. The topological polar surface area (TPSA) is 122 Å². The number of fused-ring (bicyclic) bond motifs is 2. The number of benzene rings is 3. The summed E-state index contributed by atoms with van der Waals surface area (Å²) in [6.45, 7) is -0.205. The molecule has 0 heterocycles. The van der Waals surface area contributed by atoms with E-state index in [2.05, 4.69) is 10.6 Å². The van der Waals surface area contributed by atoms with E-state index in [1.165, 1.54) is 6.07 Å². The third-order valence-corrected chi connectivity index (χ3v) is 4.93. The highest BCUT2D eigenvalue weighted by Gasteiger charge is 2.35. The standard InChI is InChI=1S/C23H19N3O4/c24-20-16(23(30)25-10-11-27)12-17(26-13-6-2-1-3-7-13)18-19(20)22(29)15-9-5-4-8-14(15)21(18)28/h1-9,12,26-27H,10-11,24H2,(H,25,30). The summed E-state index contributed by atoms with van der Waals surface area (Å²) in [4.78, 5) is 39.1. The molecule has 0 radical (unpaired) electrons. The number of rotatable bonds is 5. The fraction of sp³-hybridized carbons (Fsp3) is 0.0870. The van der Waals surface area contributed by atoms with E-state index in [9.17, 15) is 14.4 Å². The summed E-state index contributed by atoms with van der Waals surface area (Å²) in [5, 5.41) is 14.7. The van der Waals surface area contributed by atoms with Crippen LogP contribution in [0.1, 0.15) is 42.2 Å². The van der Waals surface area contributed by atoms with Crippen LogP contribution in [0.2, 0.25) is 0 Å². The highest BCUT2D eigenvalue weighted by Crippen LogP contribution is 2.38. The van der Waals surface area contributed by atoms with Crippen LogP contribution in [0.3, 0.4) is 0 Å². The van der Waals surface area contributed by atoms with Crippen molar-refractivity contribution in [2.75, 3.05) is 24.2 Å². The molecule has 0 bridgehead atoms. The molecule has 3 aromatic carbocycles. The molecule has 4 rings (SSSR count). The first-order valence-corrected chi connectivity index (χ1v) is 9.39. The average molecular weight is 401 g/mol. The first-order chi connectivity index (χ1) is 14.5. The van der Waals surface area contributed by atoms with Gasteiger partial charge in [0.05, 0.1) is 34.7 Å². The number of ketones is 2. The summed E-state index contributed by atoms with van der Waals surface area (Å²) in [5.74, 6) is -1.29. The van der Waals surface area contributed by atoms with Crippen molar-refractivity contribution in [1.29, 1.82) is 0 Å². The van der Waals surface area contributed by atoms with Crippen LogP contribution in [-0.2, 0) is 0 Å². The number of para-hydroxylation sites is 1. The van der Waals surface area contributed by atoms with Crippen LogP contribution in [0.25, 0.3) is 0 Å². The molecule has 0 aromatic heterocycles. The van der Waals surface area contributed by atoms with Crippen LogP contribution in [0.15, 0.2) is 60.7 Å². The molecule has 0 atom stereocenters. The molecule has 3 aromatic rings. The molecule has 0 fully saturated rings. The third kappa shape index (κ3) is 3.21. The van der Waals surface area contributed by atoms with E-state index in [4.69, 9.17) is 10.8 Å². The van der Waals surface area contributed by atoms with Gasteiger partial charge in [-0.05, 0) is 18.2 Å². The zero-order valence-corrected chi connectivity index (χ0v) is 15.9. The lowest BCUT2D eigenvalue weighted by Gasteiger charge is -2.24. The molecule has 1 aliphatic rings. The lowest BCUT2D eigenvalue weighted by molar-refractivity contribution is 0.0944. The van der Waals surface area contributed by atoms with Crippen molar-refractivity contribution in [3.63, 3.8) is 0 Å². The largest absolute Gasteiger partial charge is 0.397 e. The number of nitrogen functional groups attached to an aromatic ring is 1. The van der Waals surface area contributed by atoms with Gasteiger partial charge in [-0.1, -0.05) is 42.5 Å².